The van der Waals surface area contributed by atoms with E-state index in [0.717, 1.165) is 19.3 Å². The molecule has 0 spiro atoms. The lowest BCUT2D eigenvalue weighted by Gasteiger charge is -2.43. The van der Waals surface area contributed by atoms with Crippen LogP contribution < -0.4 is 0 Å². The smallest absolute Gasteiger partial charge is 0.335 e. The van der Waals surface area contributed by atoms with Gasteiger partial charge in [0.25, 0.3) is 0 Å². The first kappa shape index (κ1) is 22.4. The third-order valence-electron chi connectivity index (χ3n) is 4.50. The lowest BCUT2D eigenvalue weighted by atomic mass is 9.80. The molecule has 0 fully saturated rings. The molecule has 4 nitrogen and oxygen atoms in total. The van der Waals surface area contributed by atoms with Gasteiger partial charge in [0, 0.05) is 0 Å². The second-order valence-corrected chi connectivity index (χ2v) is 8.86. The summed E-state index contributed by atoms with van der Waals surface area (Å²) in [4.78, 5) is 11.1. The Kier molecular flexibility index (Phi) is 7.76. The molecule has 0 saturated carbocycles. The summed E-state index contributed by atoms with van der Waals surface area (Å²) in [6.45, 7) is 18.8. The Labute approximate surface area is 142 Å². The third kappa shape index (κ3) is 8.16. The Morgan fingerprint density at radius 1 is 0.913 bits per heavy atom. The number of aliphatic carboxylic acids is 1. The number of hydrogen-bond acceptors (Lipinski definition) is 3. The summed E-state index contributed by atoms with van der Waals surface area (Å²) in [5, 5.41) is 9.12. The highest BCUT2D eigenvalue weighted by molar-refractivity contribution is 5.76. The molecule has 2 unspecified atom stereocenters. The molecule has 0 rings (SSSR count). The van der Waals surface area contributed by atoms with E-state index < -0.39 is 11.6 Å². The predicted octanol–water partition coefficient (Wildman–Crippen LogP) is 5.05. The highest BCUT2D eigenvalue weighted by atomic mass is 16.5. The van der Waals surface area contributed by atoms with E-state index in [2.05, 4.69) is 48.5 Å². The van der Waals surface area contributed by atoms with Gasteiger partial charge in [-0.3, -0.25) is 0 Å². The molecular weight excluding hydrogens is 292 g/mol. The minimum absolute atomic E-state index is 0.189. The minimum Gasteiger partial charge on any atom is -0.479 e. The first-order valence-electron chi connectivity index (χ1n) is 8.76. The van der Waals surface area contributed by atoms with Crippen molar-refractivity contribution in [2.45, 2.75) is 105 Å². The van der Waals surface area contributed by atoms with Crippen molar-refractivity contribution in [3.05, 3.63) is 0 Å². The molecule has 0 aromatic rings. The van der Waals surface area contributed by atoms with Crippen molar-refractivity contribution >= 4 is 5.97 Å². The zero-order valence-electron chi connectivity index (χ0n) is 16.7. The van der Waals surface area contributed by atoms with Gasteiger partial charge in [-0.05, 0) is 58.8 Å². The maximum Gasteiger partial charge on any atom is 0.335 e. The van der Waals surface area contributed by atoms with Gasteiger partial charge in [0.05, 0.1) is 17.8 Å². The Morgan fingerprint density at radius 3 is 1.74 bits per heavy atom. The monoisotopic (exact) mass is 330 g/mol. The van der Waals surface area contributed by atoms with E-state index in [1.165, 1.54) is 0 Å². The summed E-state index contributed by atoms with van der Waals surface area (Å²) < 4.78 is 12.1. The van der Waals surface area contributed by atoms with Crippen LogP contribution in [0.2, 0.25) is 0 Å². The fourth-order valence-electron chi connectivity index (χ4n) is 2.83. The molecule has 0 amide bonds. The Morgan fingerprint density at radius 2 is 1.39 bits per heavy atom. The Hall–Kier alpha value is -0.610. The molecule has 0 aromatic heterocycles. The molecule has 23 heavy (non-hydrogen) atoms. The summed E-state index contributed by atoms with van der Waals surface area (Å²) >= 11 is 0. The van der Waals surface area contributed by atoms with Gasteiger partial charge >= 0.3 is 5.97 Å². The van der Waals surface area contributed by atoms with Crippen molar-refractivity contribution in [3.63, 3.8) is 0 Å². The molecular formula is C19H38O4. The van der Waals surface area contributed by atoms with Crippen LogP contribution in [0.4, 0.5) is 0 Å². The molecule has 0 aromatic carbocycles. The first-order valence-corrected chi connectivity index (χ1v) is 8.76. The quantitative estimate of drug-likeness (QED) is 0.609. The molecule has 0 saturated heterocycles. The summed E-state index contributed by atoms with van der Waals surface area (Å²) in [5.74, 6) is -0.942. The normalized spacial score (nSPS) is 18.3. The average molecular weight is 331 g/mol. The van der Waals surface area contributed by atoms with E-state index in [-0.39, 0.29) is 16.6 Å². The number of carbonyl (C=O) groups is 1. The van der Waals surface area contributed by atoms with Crippen molar-refractivity contribution in [2.75, 3.05) is 6.61 Å². The van der Waals surface area contributed by atoms with Crippen LogP contribution in [-0.4, -0.2) is 34.5 Å². The van der Waals surface area contributed by atoms with Gasteiger partial charge in [-0.25, -0.2) is 4.79 Å². The topological polar surface area (TPSA) is 55.8 Å². The van der Waals surface area contributed by atoms with E-state index in [9.17, 15) is 4.79 Å². The zero-order chi connectivity index (χ0) is 18.5. The molecule has 0 aliphatic heterocycles. The maximum absolute atomic E-state index is 11.1. The van der Waals surface area contributed by atoms with Gasteiger partial charge in [0.1, 0.15) is 0 Å². The van der Waals surface area contributed by atoms with Crippen LogP contribution in [0.15, 0.2) is 0 Å². The molecule has 0 heterocycles. The highest BCUT2D eigenvalue weighted by Crippen LogP contribution is 2.37. The van der Waals surface area contributed by atoms with Gasteiger partial charge < -0.3 is 14.6 Å². The molecule has 2 atom stereocenters. The molecule has 138 valence electrons. The van der Waals surface area contributed by atoms with E-state index in [4.69, 9.17) is 14.6 Å². The molecule has 0 radical (unpaired) electrons. The molecule has 0 bridgehead atoms. The Bertz CT molecular complexity index is 383. The second-order valence-electron chi connectivity index (χ2n) is 8.86. The van der Waals surface area contributed by atoms with E-state index >= 15 is 0 Å². The largest absolute Gasteiger partial charge is 0.479 e. The van der Waals surface area contributed by atoms with Crippen LogP contribution in [0, 0.1) is 5.41 Å². The molecule has 4 heteroatoms. The number of carboxylic acids is 1. The van der Waals surface area contributed by atoms with Crippen molar-refractivity contribution in [1.29, 1.82) is 0 Å². The van der Waals surface area contributed by atoms with Gasteiger partial charge in [0.2, 0.25) is 0 Å². The van der Waals surface area contributed by atoms with Crippen LogP contribution in [0.3, 0.4) is 0 Å². The van der Waals surface area contributed by atoms with E-state index in [1.54, 1.807) is 13.8 Å². The molecule has 1 N–H and O–H groups in total. The van der Waals surface area contributed by atoms with Gasteiger partial charge in [0.15, 0.2) is 5.60 Å². The maximum atomic E-state index is 11.1. The Balaban J connectivity index is 4.85. The van der Waals surface area contributed by atoms with Crippen molar-refractivity contribution < 1.29 is 19.4 Å². The first-order chi connectivity index (χ1) is 10.2. The summed E-state index contributed by atoms with van der Waals surface area (Å²) in [7, 11) is 0. The standard InChI is InChI=1S/C19H38O4/c1-10-18(8,12-13-22-17(6,7)15(20)21)23-19(9,11-2)14-16(3,4)5/h10-14H2,1-9H3,(H,20,21). The summed E-state index contributed by atoms with van der Waals surface area (Å²) in [6, 6.07) is 0. The van der Waals surface area contributed by atoms with E-state index in [1.807, 2.05) is 0 Å². The lowest BCUT2D eigenvalue weighted by molar-refractivity contribution is -0.178. The lowest BCUT2D eigenvalue weighted by Crippen LogP contribution is -2.44. The van der Waals surface area contributed by atoms with Crippen LogP contribution in [-0.2, 0) is 14.3 Å². The zero-order valence-corrected chi connectivity index (χ0v) is 16.7. The van der Waals surface area contributed by atoms with Crippen molar-refractivity contribution in [1.82, 2.24) is 0 Å². The fourth-order valence-corrected chi connectivity index (χ4v) is 2.83. The number of hydrogen-bond donors (Lipinski definition) is 1. The molecule has 0 aliphatic carbocycles. The van der Waals surface area contributed by atoms with Crippen molar-refractivity contribution in [3.8, 4) is 0 Å². The van der Waals surface area contributed by atoms with Gasteiger partial charge in [-0.1, -0.05) is 34.6 Å². The fraction of sp³-hybridized carbons (Fsp3) is 0.947. The number of ether oxygens (including phenoxy) is 2. The van der Waals surface area contributed by atoms with Crippen molar-refractivity contribution in [2.24, 2.45) is 5.41 Å². The van der Waals surface area contributed by atoms with Crippen LogP contribution in [0.25, 0.3) is 0 Å². The van der Waals surface area contributed by atoms with Gasteiger partial charge in [-0.2, -0.15) is 0 Å². The predicted molar refractivity (Wildman–Crippen MR) is 94.8 cm³/mol. The SMILES string of the molecule is CCC(C)(CCOC(C)(C)C(=O)O)OC(C)(CC)CC(C)(C)C. The number of carboxylic acid groups (broad SMARTS) is 1. The summed E-state index contributed by atoms with van der Waals surface area (Å²) in [5.41, 5.74) is -1.47. The summed E-state index contributed by atoms with van der Waals surface area (Å²) in [6.07, 6.45) is 3.47. The highest BCUT2D eigenvalue weighted by Gasteiger charge is 2.37. The molecule has 0 aliphatic rings. The minimum atomic E-state index is -1.16. The van der Waals surface area contributed by atoms with Crippen LogP contribution >= 0.6 is 0 Å². The van der Waals surface area contributed by atoms with Crippen LogP contribution in [0.1, 0.15) is 88.0 Å². The van der Waals surface area contributed by atoms with Crippen LogP contribution in [0.5, 0.6) is 0 Å². The average Bonchev–Trinajstić information content (AvgIpc) is 2.36. The van der Waals surface area contributed by atoms with E-state index in [0.29, 0.717) is 13.0 Å². The third-order valence-corrected chi connectivity index (χ3v) is 4.50. The number of rotatable bonds is 10. The van der Waals surface area contributed by atoms with Gasteiger partial charge in [-0.15, -0.1) is 0 Å². The second kappa shape index (κ2) is 7.98.